The number of carbonyl (C=O) groups is 1. The predicted molar refractivity (Wildman–Crippen MR) is 161 cm³/mol. The topological polar surface area (TPSA) is 105 Å². The van der Waals surface area contributed by atoms with Crippen LogP contribution in [0.15, 0.2) is 77.6 Å². The van der Waals surface area contributed by atoms with E-state index in [0.717, 1.165) is 18.9 Å². The van der Waals surface area contributed by atoms with Crippen molar-refractivity contribution in [1.82, 2.24) is 5.16 Å². The smallest absolute Gasteiger partial charge is 0.489 e. The molecule has 3 aromatic rings. The van der Waals surface area contributed by atoms with Crippen LogP contribution >= 0.6 is 11.6 Å². The minimum absolute atomic E-state index is 0.0483. The Morgan fingerprint density at radius 2 is 1.91 bits per heavy atom. The van der Waals surface area contributed by atoms with E-state index in [4.69, 9.17) is 20.9 Å². The number of aromatic carboxylic acids is 1. The fraction of sp³-hybridized carbons (Fsp3) is 0.333. The molecule has 0 atom stereocenters. The number of allylic oxidation sites excluding steroid dienone is 5. The number of aliphatic hydroxyl groups is 1. The van der Waals surface area contributed by atoms with E-state index in [-0.39, 0.29) is 53.8 Å². The van der Waals surface area contributed by atoms with Crippen LogP contribution in [0.2, 0.25) is 5.02 Å². The molecule has 1 aromatic heterocycles. The Bertz CT molecular complexity index is 1660. The number of halogens is 5. The summed E-state index contributed by atoms with van der Waals surface area (Å²) < 4.78 is 69.0. The van der Waals surface area contributed by atoms with Gasteiger partial charge in [-0.2, -0.15) is 0 Å². The first-order valence-corrected chi connectivity index (χ1v) is 14.9. The summed E-state index contributed by atoms with van der Waals surface area (Å²) in [4.78, 5) is 13.1. The highest BCUT2D eigenvalue weighted by Gasteiger charge is 2.37. The van der Waals surface area contributed by atoms with Gasteiger partial charge in [-0.3, -0.25) is 0 Å². The van der Waals surface area contributed by atoms with Crippen molar-refractivity contribution in [3.8, 4) is 5.75 Å². The Hall–Kier alpha value is -4.29. The van der Waals surface area contributed by atoms with Gasteiger partial charge in [0.15, 0.2) is 0 Å². The lowest BCUT2D eigenvalue weighted by atomic mass is 9.84. The first-order valence-electron chi connectivity index (χ1n) is 14.5. The first kappa shape index (κ1) is 33.1. The summed E-state index contributed by atoms with van der Waals surface area (Å²) >= 11 is 6.61. The monoisotopic (exact) mass is 662 g/mol. The highest BCUT2D eigenvalue weighted by atomic mass is 35.5. The molecule has 0 radical (unpaired) electrons. The largest absolute Gasteiger partial charge is 0.572 e. The zero-order valence-electron chi connectivity index (χ0n) is 24.5. The maximum atomic E-state index is 14.0. The third kappa shape index (κ3) is 8.10. The molecule has 0 amide bonds. The average molecular weight is 663 g/mol. The van der Waals surface area contributed by atoms with Gasteiger partial charge in [-0.1, -0.05) is 47.6 Å². The van der Waals surface area contributed by atoms with E-state index in [1.54, 1.807) is 23.1 Å². The SMILES string of the molecule is C=C/C=C\C=C(/Cc1noc(C2CC2)c1COc1ccc(C2(O)CCN(c3cc(F)cc(C(=O)O)c3)CC2)c(Cl)c1)OC(F)(F)F. The van der Waals surface area contributed by atoms with Gasteiger partial charge in [0.05, 0.1) is 33.9 Å². The average Bonchev–Trinajstić information content (AvgIpc) is 3.76. The second-order valence-corrected chi connectivity index (χ2v) is 11.6. The van der Waals surface area contributed by atoms with Crippen LogP contribution in [0.4, 0.5) is 23.2 Å². The molecule has 1 aliphatic heterocycles. The molecule has 1 aliphatic carbocycles. The number of hydrogen-bond acceptors (Lipinski definition) is 7. The zero-order valence-corrected chi connectivity index (χ0v) is 25.3. The second-order valence-electron chi connectivity index (χ2n) is 11.2. The lowest BCUT2D eigenvalue weighted by molar-refractivity contribution is -0.306. The number of carboxylic acids is 1. The molecule has 2 N–H and O–H groups in total. The van der Waals surface area contributed by atoms with E-state index in [2.05, 4.69) is 16.5 Å². The number of alkyl halides is 3. The summed E-state index contributed by atoms with van der Waals surface area (Å²) in [6, 6.07) is 8.44. The van der Waals surface area contributed by atoms with Crippen LogP contribution in [0.1, 0.15) is 64.5 Å². The van der Waals surface area contributed by atoms with Gasteiger partial charge in [0.25, 0.3) is 0 Å². The molecule has 8 nitrogen and oxygen atoms in total. The van der Waals surface area contributed by atoms with Crippen LogP contribution in [-0.2, 0) is 23.4 Å². The summed E-state index contributed by atoms with van der Waals surface area (Å²) in [6.45, 7) is 4.11. The van der Waals surface area contributed by atoms with Crippen LogP contribution in [0.5, 0.6) is 5.75 Å². The molecule has 0 unspecified atom stereocenters. The van der Waals surface area contributed by atoms with Crippen LogP contribution in [-0.4, -0.2) is 40.8 Å². The van der Waals surface area contributed by atoms with E-state index in [0.29, 0.717) is 41.4 Å². The third-order valence-electron chi connectivity index (χ3n) is 7.88. The normalized spacial score (nSPS) is 16.9. The summed E-state index contributed by atoms with van der Waals surface area (Å²) in [5.74, 6) is -1.26. The van der Waals surface area contributed by atoms with Gasteiger partial charge in [-0.05, 0) is 62.1 Å². The van der Waals surface area contributed by atoms with Gasteiger partial charge in [0, 0.05) is 30.3 Å². The molecule has 2 heterocycles. The van der Waals surface area contributed by atoms with Gasteiger partial charge in [-0.15, -0.1) is 13.2 Å². The number of nitrogens with zero attached hydrogens (tertiary/aromatic N) is 2. The Morgan fingerprint density at radius 3 is 2.54 bits per heavy atom. The number of aromatic nitrogens is 1. The van der Waals surface area contributed by atoms with Crippen LogP contribution in [0.25, 0.3) is 0 Å². The standard InChI is InChI=1S/C33H31ClF4N2O6/c1-2-3-4-5-25(45-33(36,37)38)18-29-26(30(46-39-29)20-6-7-20)19-44-24-8-9-27(28(34)17-24)32(43)10-12-40(13-11-32)23-15-21(31(41)42)14-22(35)16-23/h2-5,8-9,14-17,20,43H,1,6-7,10-13,18-19H2,(H,41,42)/b4-3-,25-5+. The predicted octanol–water partition coefficient (Wildman–Crippen LogP) is 7.81. The fourth-order valence-corrected chi connectivity index (χ4v) is 5.75. The molecule has 2 aromatic carbocycles. The van der Waals surface area contributed by atoms with Crippen LogP contribution in [0.3, 0.4) is 0 Å². The molecule has 1 saturated carbocycles. The molecule has 5 rings (SSSR count). The second kappa shape index (κ2) is 13.6. The van der Waals surface area contributed by atoms with Crippen molar-refractivity contribution in [1.29, 1.82) is 0 Å². The van der Waals surface area contributed by atoms with Crippen molar-refractivity contribution in [2.45, 2.75) is 56.6 Å². The van der Waals surface area contributed by atoms with E-state index in [9.17, 15) is 32.6 Å². The molecule has 244 valence electrons. The Labute approximate surface area is 267 Å². The number of carboxylic acid groups (broad SMARTS) is 1. The van der Waals surface area contributed by atoms with Crippen molar-refractivity contribution in [2.75, 3.05) is 18.0 Å². The van der Waals surface area contributed by atoms with Gasteiger partial charge in [-0.25, -0.2) is 9.18 Å². The van der Waals surface area contributed by atoms with Crippen LogP contribution < -0.4 is 9.64 Å². The summed E-state index contributed by atoms with van der Waals surface area (Å²) in [7, 11) is 0. The fourth-order valence-electron chi connectivity index (χ4n) is 5.40. The Morgan fingerprint density at radius 1 is 1.17 bits per heavy atom. The first-order chi connectivity index (χ1) is 21.8. The summed E-state index contributed by atoms with van der Waals surface area (Å²) in [5.41, 5.74) is 0.209. The maximum Gasteiger partial charge on any atom is 0.572 e. The van der Waals surface area contributed by atoms with Crippen molar-refractivity contribution >= 4 is 23.3 Å². The summed E-state index contributed by atoms with van der Waals surface area (Å²) in [5, 5.41) is 25.0. The quantitative estimate of drug-likeness (QED) is 0.115. The number of ether oxygens (including phenoxy) is 2. The molecule has 46 heavy (non-hydrogen) atoms. The van der Waals surface area contributed by atoms with Crippen LogP contribution in [0, 0.1) is 5.82 Å². The van der Waals surface area contributed by atoms with Gasteiger partial charge in [0.2, 0.25) is 0 Å². The highest BCUT2D eigenvalue weighted by molar-refractivity contribution is 6.31. The van der Waals surface area contributed by atoms with E-state index >= 15 is 0 Å². The molecule has 0 spiro atoms. The molecular formula is C33H31ClF4N2O6. The van der Waals surface area contributed by atoms with E-state index in [1.165, 1.54) is 36.4 Å². The van der Waals surface area contributed by atoms with Gasteiger partial charge >= 0.3 is 12.3 Å². The number of hydrogen-bond donors (Lipinski definition) is 2. The van der Waals surface area contributed by atoms with Crippen molar-refractivity contribution < 1.29 is 46.6 Å². The lowest BCUT2D eigenvalue weighted by Gasteiger charge is -2.40. The molecule has 1 saturated heterocycles. The van der Waals surface area contributed by atoms with E-state index in [1.807, 2.05) is 0 Å². The molecular weight excluding hydrogens is 632 g/mol. The molecule has 2 aliphatic rings. The minimum Gasteiger partial charge on any atom is -0.489 e. The highest BCUT2D eigenvalue weighted by Crippen LogP contribution is 2.44. The summed E-state index contributed by atoms with van der Waals surface area (Å²) in [6.07, 6.45) is 2.50. The molecule has 2 fully saturated rings. The Kier molecular flexibility index (Phi) is 9.78. The van der Waals surface area contributed by atoms with Crippen molar-refractivity contribution in [3.63, 3.8) is 0 Å². The van der Waals surface area contributed by atoms with Gasteiger partial charge in [0.1, 0.15) is 29.7 Å². The number of rotatable bonds is 12. The van der Waals surface area contributed by atoms with Gasteiger partial charge < -0.3 is 29.1 Å². The van der Waals surface area contributed by atoms with E-state index < -0.39 is 23.7 Å². The van der Waals surface area contributed by atoms with Crippen molar-refractivity contribution in [3.05, 3.63) is 112 Å². The molecule has 0 bridgehead atoms. The molecule has 13 heteroatoms. The Balaban J connectivity index is 1.28. The zero-order chi connectivity index (χ0) is 33.1. The number of benzene rings is 2. The van der Waals surface area contributed by atoms with Crippen molar-refractivity contribution in [2.24, 2.45) is 0 Å². The lowest BCUT2D eigenvalue weighted by Crippen LogP contribution is -2.42. The number of anilines is 1. The minimum atomic E-state index is -4.89. The number of piperidine rings is 1. The third-order valence-corrected chi connectivity index (χ3v) is 8.19. The maximum absolute atomic E-state index is 14.0.